The van der Waals surface area contributed by atoms with Crippen LogP contribution in [0, 0.1) is 5.92 Å². The van der Waals surface area contributed by atoms with Crippen molar-refractivity contribution in [3.8, 4) is 0 Å². The van der Waals surface area contributed by atoms with E-state index in [-0.39, 0.29) is 35.7 Å². The minimum atomic E-state index is -0.464. The number of rotatable bonds is 5. The maximum atomic E-state index is 13.0. The lowest BCUT2D eigenvalue weighted by Crippen LogP contribution is -2.52. The van der Waals surface area contributed by atoms with Crippen LogP contribution in [0.1, 0.15) is 52.1 Å². The SMILES string of the molecule is CCCC(=O)Nc1nc2c(s1)C(=O)CC(C(=O)N1CCN(C(=O)c3ccco3)CC1)C2. The number of nitrogens with one attached hydrogen (secondary N) is 1. The number of anilines is 1. The molecule has 0 radical (unpaired) electrons. The van der Waals surface area contributed by atoms with E-state index in [0.717, 1.165) is 6.42 Å². The van der Waals surface area contributed by atoms with Crippen molar-refractivity contribution in [3.63, 3.8) is 0 Å². The number of carbonyl (C=O) groups excluding carboxylic acids is 4. The highest BCUT2D eigenvalue weighted by molar-refractivity contribution is 7.17. The summed E-state index contributed by atoms with van der Waals surface area (Å²) in [7, 11) is 0. The summed E-state index contributed by atoms with van der Waals surface area (Å²) in [4.78, 5) is 58.2. The van der Waals surface area contributed by atoms with Crippen LogP contribution in [0.2, 0.25) is 0 Å². The molecule has 4 rings (SSSR count). The Kier molecular flexibility index (Phi) is 6.17. The summed E-state index contributed by atoms with van der Waals surface area (Å²) in [5.41, 5.74) is 0.582. The van der Waals surface area contributed by atoms with E-state index in [1.165, 1.54) is 17.6 Å². The lowest BCUT2D eigenvalue weighted by Gasteiger charge is -2.36. The van der Waals surface area contributed by atoms with Gasteiger partial charge in [-0.15, -0.1) is 0 Å². The second kappa shape index (κ2) is 9.01. The van der Waals surface area contributed by atoms with E-state index in [9.17, 15) is 19.2 Å². The van der Waals surface area contributed by atoms with Gasteiger partial charge < -0.3 is 19.5 Å². The van der Waals surface area contributed by atoms with Crippen molar-refractivity contribution in [2.45, 2.75) is 32.6 Å². The molecule has 1 atom stereocenters. The second-order valence-corrected chi connectivity index (χ2v) is 8.72. The first-order valence-electron chi connectivity index (χ1n) is 10.4. The Bertz CT molecular complexity index is 992. The molecule has 1 aliphatic carbocycles. The van der Waals surface area contributed by atoms with Crippen LogP contribution in [0.5, 0.6) is 0 Å². The summed E-state index contributed by atoms with van der Waals surface area (Å²) in [5, 5.41) is 3.14. The van der Waals surface area contributed by atoms with Crippen molar-refractivity contribution in [2.75, 3.05) is 31.5 Å². The van der Waals surface area contributed by atoms with Gasteiger partial charge in [-0.1, -0.05) is 18.3 Å². The largest absolute Gasteiger partial charge is 0.459 e. The van der Waals surface area contributed by atoms with Crippen LogP contribution in [0.25, 0.3) is 0 Å². The average molecular weight is 445 g/mol. The van der Waals surface area contributed by atoms with Crippen LogP contribution in [-0.4, -0.2) is 64.5 Å². The monoisotopic (exact) mass is 444 g/mol. The fourth-order valence-electron chi connectivity index (χ4n) is 3.91. The van der Waals surface area contributed by atoms with E-state index >= 15 is 0 Å². The average Bonchev–Trinajstić information content (AvgIpc) is 3.43. The predicted octanol–water partition coefficient (Wildman–Crippen LogP) is 2.20. The summed E-state index contributed by atoms with van der Waals surface area (Å²) in [6.07, 6.45) is 3.11. The van der Waals surface area contributed by atoms with Crippen LogP contribution in [0.4, 0.5) is 5.13 Å². The maximum absolute atomic E-state index is 13.0. The maximum Gasteiger partial charge on any atom is 0.289 e. The van der Waals surface area contributed by atoms with E-state index < -0.39 is 5.92 Å². The fraction of sp³-hybridized carbons (Fsp3) is 0.476. The Morgan fingerprint density at radius 2 is 1.94 bits per heavy atom. The molecule has 0 bridgehead atoms. The Balaban J connectivity index is 1.36. The molecule has 1 aliphatic heterocycles. The van der Waals surface area contributed by atoms with Crippen molar-refractivity contribution in [1.82, 2.24) is 14.8 Å². The summed E-state index contributed by atoms with van der Waals surface area (Å²) >= 11 is 1.18. The van der Waals surface area contributed by atoms with Crippen molar-refractivity contribution in [2.24, 2.45) is 5.92 Å². The number of fused-ring (bicyclic) bond motifs is 1. The van der Waals surface area contributed by atoms with Gasteiger partial charge in [-0.3, -0.25) is 19.2 Å². The van der Waals surface area contributed by atoms with Crippen LogP contribution in [0.3, 0.4) is 0 Å². The molecule has 0 spiro atoms. The molecule has 10 heteroatoms. The fourth-order valence-corrected chi connectivity index (χ4v) is 4.87. The predicted molar refractivity (Wildman–Crippen MR) is 113 cm³/mol. The van der Waals surface area contributed by atoms with Gasteiger partial charge in [0.05, 0.1) is 22.8 Å². The molecule has 2 aliphatic rings. The van der Waals surface area contributed by atoms with Gasteiger partial charge in [0.1, 0.15) is 0 Å². The van der Waals surface area contributed by atoms with Gasteiger partial charge in [-0.25, -0.2) is 4.98 Å². The number of ketones is 1. The number of nitrogens with zero attached hydrogens (tertiary/aromatic N) is 3. The molecule has 1 N–H and O–H groups in total. The number of carbonyl (C=O) groups is 4. The highest BCUT2D eigenvalue weighted by Gasteiger charge is 2.36. The molecule has 1 unspecified atom stereocenters. The van der Waals surface area contributed by atoms with Crippen molar-refractivity contribution >= 4 is 40.0 Å². The third kappa shape index (κ3) is 4.53. The topological polar surface area (TPSA) is 113 Å². The van der Waals surface area contributed by atoms with E-state index in [2.05, 4.69) is 10.3 Å². The Labute approximate surface area is 183 Å². The molecular formula is C21H24N4O5S. The molecular weight excluding hydrogens is 420 g/mol. The van der Waals surface area contributed by atoms with Crippen molar-refractivity contribution in [1.29, 1.82) is 0 Å². The minimum Gasteiger partial charge on any atom is -0.459 e. The molecule has 1 saturated heterocycles. The van der Waals surface area contributed by atoms with Crippen LogP contribution in [0.15, 0.2) is 22.8 Å². The van der Waals surface area contributed by atoms with Gasteiger partial charge in [-0.05, 0) is 18.6 Å². The van der Waals surface area contributed by atoms with Crippen molar-refractivity contribution in [3.05, 3.63) is 34.7 Å². The van der Waals surface area contributed by atoms with Gasteiger partial charge in [0.15, 0.2) is 16.7 Å². The first kappa shape index (κ1) is 21.2. The van der Waals surface area contributed by atoms with Gasteiger partial charge in [-0.2, -0.15) is 0 Å². The number of piperazine rings is 1. The molecule has 1 fully saturated rings. The van der Waals surface area contributed by atoms with Crippen LogP contribution < -0.4 is 5.32 Å². The first-order valence-corrected chi connectivity index (χ1v) is 11.2. The first-order chi connectivity index (χ1) is 15.0. The second-order valence-electron chi connectivity index (χ2n) is 7.72. The zero-order valence-electron chi connectivity index (χ0n) is 17.3. The van der Waals surface area contributed by atoms with E-state index in [1.807, 2.05) is 6.92 Å². The summed E-state index contributed by atoms with van der Waals surface area (Å²) in [5.74, 6) is -0.692. The van der Waals surface area contributed by atoms with Crippen molar-refractivity contribution < 1.29 is 23.6 Å². The molecule has 2 aromatic rings. The smallest absolute Gasteiger partial charge is 0.289 e. The van der Waals surface area contributed by atoms with E-state index in [4.69, 9.17) is 4.42 Å². The van der Waals surface area contributed by atoms with Crippen LogP contribution in [-0.2, 0) is 16.0 Å². The summed E-state index contributed by atoms with van der Waals surface area (Å²) in [6, 6.07) is 3.29. The molecule has 0 saturated carbocycles. The number of hydrogen-bond donors (Lipinski definition) is 1. The third-order valence-corrected chi connectivity index (χ3v) is 6.56. The number of furan rings is 1. The molecule has 3 heterocycles. The lowest BCUT2D eigenvalue weighted by atomic mass is 9.88. The molecule has 164 valence electrons. The highest BCUT2D eigenvalue weighted by Crippen LogP contribution is 2.33. The lowest BCUT2D eigenvalue weighted by molar-refractivity contribution is -0.137. The number of thiazole rings is 1. The zero-order valence-corrected chi connectivity index (χ0v) is 18.1. The number of aromatic nitrogens is 1. The molecule has 2 aromatic heterocycles. The minimum absolute atomic E-state index is 0.0892. The summed E-state index contributed by atoms with van der Waals surface area (Å²) in [6.45, 7) is 3.58. The highest BCUT2D eigenvalue weighted by atomic mass is 32.1. The van der Waals surface area contributed by atoms with Gasteiger partial charge in [0, 0.05) is 45.4 Å². The Morgan fingerprint density at radius 3 is 2.61 bits per heavy atom. The molecule has 3 amide bonds. The molecule has 9 nitrogen and oxygen atoms in total. The number of Topliss-reactive ketones (excluding diaryl/α,β-unsaturated/α-hetero) is 1. The standard InChI is InChI=1S/C21H24N4O5S/c1-2-4-17(27)23-21-22-14-11-13(12-15(26)18(14)31-21)19(28)24-6-8-25(9-7-24)20(29)16-5-3-10-30-16/h3,5,10,13H,2,4,6-9,11-12H2,1H3,(H,22,23,27). The molecule has 0 aromatic carbocycles. The summed E-state index contributed by atoms with van der Waals surface area (Å²) < 4.78 is 5.16. The Morgan fingerprint density at radius 1 is 1.19 bits per heavy atom. The van der Waals surface area contributed by atoms with Gasteiger partial charge in [0.25, 0.3) is 5.91 Å². The zero-order chi connectivity index (χ0) is 22.0. The Hall–Kier alpha value is -3.01. The number of amides is 3. The normalized spacial score (nSPS) is 18.6. The number of hydrogen-bond acceptors (Lipinski definition) is 7. The van der Waals surface area contributed by atoms with Crippen LogP contribution >= 0.6 is 11.3 Å². The van der Waals surface area contributed by atoms with E-state index in [1.54, 1.807) is 21.9 Å². The quantitative estimate of drug-likeness (QED) is 0.757. The third-order valence-electron chi connectivity index (χ3n) is 5.51. The molecule has 31 heavy (non-hydrogen) atoms. The van der Waals surface area contributed by atoms with Gasteiger partial charge >= 0.3 is 0 Å². The van der Waals surface area contributed by atoms with Gasteiger partial charge in [0.2, 0.25) is 11.8 Å². The van der Waals surface area contributed by atoms with E-state index in [0.29, 0.717) is 54.7 Å².